The summed E-state index contributed by atoms with van der Waals surface area (Å²) in [5.74, 6) is 0. The van der Waals surface area contributed by atoms with Crippen LogP contribution >= 0.6 is 0 Å². The van der Waals surface area contributed by atoms with Crippen LogP contribution in [0.2, 0.25) is 0 Å². The first-order valence-corrected chi connectivity index (χ1v) is 2.88. The Morgan fingerprint density at radius 3 is 3.44 bits per heavy atom. The number of aromatic nitrogens is 3. The number of aromatic amines is 1. The van der Waals surface area contributed by atoms with Gasteiger partial charge < -0.3 is 0 Å². The van der Waals surface area contributed by atoms with Crippen molar-refractivity contribution in [2.45, 2.75) is 13.3 Å². The summed E-state index contributed by atoms with van der Waals surface area (Å²) in [4.78, 5) is 0. The molecule has 3 nitrogen and oxygen atoms in total. The summed E-state index contributed by atoms with van der Waals surface area (Å²) >= 11 is 0. The van der Waals surface area contributed by atoms with E-state index in [4.69, 9.17) is 1.37 Å². The molecule has 0 radical (unpaired) electrons. The molecule has 0 saturated heterocycles. The zero-order chi connectivity index (χ0) is 7.40. The van der Waals surface area contributed by atoms with Crippen molar-refractivity contribution in [3.8, 4) is 0 Å². The molecule has 1 N–H and O–H groups in total. The third-order valence-corrected chi connectivity index (χ3v) is 0.911. The molecule has 1 rings (SSSR count). The molecular weight excluding hydrogens is 114 g/mol. The van der Waals surface area contributed by atoms with Crippen LogP contribution in [0.3, 0.4) is 0 Å². The Labute approximate surface area is 55.2 Å². The number of rotatable bonds is 2. The van der Waals surface area contributed by atoms with E-state index in [9.17, 15) is 0 Å². The largest absolute Gasteiger partial charge is 0.258 e. The van der Waals surface area contributed by atoms with Gasteiger partial charge in [0, 0.05) is 0 Å². The lowest BCUT2D eigenvalue weighted by Crippen LogP contribution is -1.69. The lowest BCUT2D eigenvalue weighted by atomic mass is 10.3. The molecule has 0 fully saturated rings. The minimum Gasteiger partial charge on any atom is -0.258 e. The number of allylic oxidation sites excluding steroid dienone is 1. The van der Waals surface area contributed by atoms with Gasteiger partial charge in [-0.25, -0.2) is 0 Å². The summed E-state index contributed by atoms with van der Waals surface area (Å²) in [6.07, 6.45) is 4.92. The van der Waals surface area contributed by atoms with Gasteiger partial charge in [-0.15, -0.1) is 5.10 Å². The van der Waals surface area contributed by atoms with E-state index in [-0.39, 0.29) is 6.17 Å². The fraction of sp³-hybridized carbons (Fsp3) is 0.333. The summed E-state index contributed by atoms with van der Waals surface area (Å²) in [7, 11) is 0. The Hall–Kier alpha value is -1.12. The van der Waals surface area contributed by atoms with Gasteiger partial charge in [-0.2, -0.15) is 0 Å². The Balaban J connectivity index is 2.74. The third-order valence-electron chi connectivity index (χ3n) is 0.911. The van der Waals surface area contributed by atoms with Crippen LogP contribution in [0.5, 0.6) is 0 Å². The smallest absolute Gasteiger partial charge is 0.0884 e. The molecule has 0 aromatic carbocycles. The Morgan fingerprint density at radius 1 is 2.00 bits per heavy atom. The maximum atomic E-state index is 7.17. The summed E-state index contributed by atoms with van der Waals surface area (Å²) in [6, 6.07) is 0. The van der Waals surface area contributed by atoms with Gasteiger partial charge in [0.1, 0.15) is 0 Å². The highest BCUT2D eigenvalue weighted by atomic mass is 15.3. The maximum absolute atomic E-state index is 7.17. The first-order valence-electron chi connectivity index (χ1n) is 3.38. The van der Waals surface area contributed by atoms with Crippen molar-refractivity contribution in [1.29, 1.82) is 0 Å². The molecule has 0 amide bonds. The fourth-order valence-corrected chi connectivity index (χ4v) is 0.493. The van der Waals surface area contributed by atoms with E-state index in [1.807, 2.05) is 19.1 Å². The van der Waals surface area contributed by atoms with Crippen LogP contribution in [0.25, 0.3) is 6.08 Å². The van der Waals surface area contributed by atoms with Crippen LogP contribution in [-0.4, -0.2) is 15.4 Å². The molecule has 48 valence electrons. The predicted octanol–water partition coefficient (Wildman–Crippen LogP) is 1.23. The SMILES string of the molecule is [2H]c1nn[nH]c1C=CCC. The molecule has 9 heavy (non-hydrogen) atoms. The Morgan fingerprint density at radius 2 is 2.89 bits per heavy atom. The molecule has 1 heterocycles. The zero-order valence-electron chi connectivity index (χ0n) is 6.26. The minimum absolute atomic E-state index is 0.199. The predicted molar refractivity (Wildman–Crippen MR) is 35.7 cm³/mol. The molecular formula is C6H9N3. The van der Waals surface area contributed by atoms with Crippen LogP contribution in [0.1, 0.15) is 20.4 Å². The topological polar surface area (TPSA) is 41.6 Å². The molecule has 3 heteroatoms. The third kappa shape index (κ3) is 1.68. The van der Waals surface area contributed by atoms with Crippen molar-refractivity contribution in [3.05, 3.63) is 17.9 Å². The normalized spacial score (nSPS) is 12.3. The summed E-state index contributed by atoms with van der Waals surface area (Å²) < 4.78 is 7.17. The van der Waals surface area contributed by atoms with Crippen molar-refractivity contribution in [3.63, 3.8) is 0 Å². The average Bonchev–Trinajstić information content (AvgIpc) is 2.31. The summed E-state index contributed by atoms with van der Waals surface area (Å²) in [5.41, 5.74) is 0.668. The van der Waals surface area contributed by atoms with Gasteiger partial charge in [0.05, 0.1) is 13.2 Å². The first kappa shape index (κ1) is 4.73. The number of nitrogens with zero attached hydrogens (tertiary/aromatic N) is 2. The fourth-order valence-electron chi connectivity index (χ4n) is 0.493. The second-order valence-corrected chi connectivity index (χ2v) is 1.65. The van der Waals surface area contributed by atoms with Crippen LogP contribution in [0.4, 0.5) is 0 Å². The van der Waals surface area contributed by atoms with Gasteiger partial charge in [0.15, 0.2) is 0 Å². The Kier molecular flexibility index (Phi) is 1.59. The van der Waals surface area contributed by atoms with Gasteiger partial charge in [-0.3, -0.25) is 5.10 Å². The second-order valence-electron chi connectivity index (χ2n) is 1.65. The highest BCUT2D eigenvalue weighted by Gasteiger charge is 1.82. The maximum Gasteiger partial charge on any atom is 0.0884 e. The number of nitrogens with one attached hydrogen (secondary N) is 1. The molecule has 0 aliphatic carbocycles. The molecule has 0 spiro atoms. The second kappa shape index (κ2) is 3.02. The van der Waals surface area contributed by atoms with Gasteiger partial charge in [-0.05, 0) is 12.5 Å². The highest BCUT2D eigenvalue weighted by molar-refractivity contribution is 5.41. The van der Waals surface area contributed by atoms with Crippen LogP contribution in [0, 0.1) is 0 Å². The molecule has 1 aromatic rings. The highest BCUT2D eigenvalue weighted by Crippen LogP contribution is 1.92. The van der Waals surface area contributed by atoms with E-state index >= 15 is 0 Å². The van der Waals surface area contributed by atoms with E-state index in [0.717, 1.165) is 6.42 Å². The van der Waals surface area contributed by atoms with Gasteiger partial charge >= 0.3 is 0 Å². The van der Waals surface area contributed by atoms with Crippen LogP contribution < -0.4 is 0 Å². The van der Waals surface area contributed by atoms with E-state index in [2.05, 4.69) is 15.4 Å². The molecule has 0 atom stereocenters. The van der Waals surface area contributed by atoms with Gasteiger partial charge in [0.2, 0.25) is 0 Å². The lowest BCUT2D eigenvalue weighted by molar-refractivity contribution is 0.937. The van der Waals surface area contributed by atoms with Gasteiger partial charge in [-0.1, -0.05) is 18.2 Å². The number of H-pyrrole nitrogens is 1. The van der Waals surface area contributed by atoms with Crippen molar-refractivity contribution in [2.24, 2.45) is 0 Å². The summed E-state index contributed by atoms with van der Waals surface area (Å²) in [6.45, 7) is 2.03. The van der Waals surface area contributed by atoms with E-state index in [1.54, 1.807) is 0 Å². The molecule has 0 saturated carbocycles. The van der Waals surface area contributed by atoms with Crippen molar-refractivity contribution >= 4 is 6.08 Å². The lowest BCUT2D eigenvalue weighted by Gasteiger charge is -1.77. The molecule has 0 unspecified atom stereocenters. The average molecular weight is 124 g/mol. The van der Waals surface area contributed by atoms with Crippen LogP contribution in [0.15, 0.2) is 12.2 Å². The quantitative estimate of drug-likeness (QED) is 0.644. The Bertz CT molecular complexity index is 229. The first-order chi connectivity index (χ1) is 4.84. The van der Waals surface area contributed by atoms with Crippen molar-refractivity contribution < 1.29 is 1.37 Å². The number of hydrogen-bond donors (Lipinski definition) is 1. The van der Waals surface area contributed by atoms with E-state index in [1.165, 1.54) is 0 Å². The van der Waals surface area contributed by atoms with E-state index < -0.39 is 0 Å². The molecule has 0 bridgehead atoms. The minimum atomic E-state index is 0.199. The zero-order valence-corrected chi connectivity index (χ0v) is 5.26. The molecule has 1 aromatic heterocycles. The van der Waals surface area contributed by atoms with Gasteiger partial charge in [0.25, 0.3) is 0 Å². The monoisotopic (exact) mass is 124 g/mol. The van der Waals surface area contributed by atoms with Crippen molar-refractivity contribution in [2.75, 3.05) is 0 Å². The standard InChI is InChI=1S/C6H9N3/c1-2-3-4-6-5-7-9-8-6/h3-5H,2H2,1H3,(H,7,8,9)/i5D. The molecule has 0 aliphatic rings. The van der Waals surface area contributed by atoms with Crippen LogP contribution in [-0.2, 0) is 0 Å². The number of hydrogen-bond acceptors (Lipinski definition) is 2. The summed E-state index contributed by atoms with van der Waals surface area (Å²) in [5, 5.41) is 9.55. The van der Waals surface area contributed by atoms with Crippen molar-refractivity contribution in [1.82, 2.24) is 15.4 Å². The molecule has 0 aliphatic heterocycles. The van der Waals surface area contributed by atoms with E-state index in [0.29, 0.717) is 5.69 Å².